The number of aliphatic hydroxyl groups is 7. The first kappa shape index (κ1) is 21.1. The van der Waals surface area contributed by atoms with Gasteiger partial charge in [0.2, 0.25) is 5.79 Å². The Hall–Kier alpha value is -0.250. The molecule has 13 nitrogen and oxygen atoms in total. The van der Waals surface area contributed by atoms with Crippen molar-refractivity contribution in [2.75, 3.05) is 19.8 Å². The van der Waals surface area contributed by atoms with Gasteiger partial charge in [0.05, 0.1) is 19.8 Å². The Bertz CT molecular complexity index is 504. The molecule has 9 atom stereocenters. The summed E-state index contributed by atoms with van der Waals surface area (Å²) in [5, 5.41) is 66.6. The minimum atomic E-state index is -5.12. The third-order valence-corrected chi connectivity index (χ3v) is 4.88. The Kier molecular flexibility index (Phi) is 6.55. The Morgan fingerprint density at radius 1 is 1.12 bits per heavy atom. The van der Waals surface area contributed by atoms with Crippen molar-refractivity contribution in [3.05, 3.63) is 0 Å². The molecule has 14 heteroatoms. The summed E-state index contributed by atoms with van der Waals surface area (Å²) >= 11 is 0. The van der Waals surface area contributed by atoms with Gasteiger partial charge in [-0.15, -0.1) is 0 Å². The molecule has 0 aromatic carbocycles. The predicted molar refractivity (Wildman–Crippen MR) is 73.5 cm³/mol. The average molecular weight is 392 g/mol. The fourth-order valence-electron chi connectivity index (χ4n) is 2.48. The van der Waals surface area contributed by atoms with Crippen molar-refractivity contribution in [2.24, 2.45) is 0 Å². The summed E-state index contributed by atoms with van der Waals surface area (Å²) in [4.78, 5) is 9.78. The Morgan fingerprint density at radius 2 is 1.72 bits per heavy atom. The second-order valence-corrected chi connectivity index (χ2v) is 7.04. The zero-order valence-corrected chi connectivity index (χ0v) is 13.6. The van der Waals surface area contributed by atoms with E-state index in [1.54, 1.807) is 0 Å². The lowest BCUT2D eigenvalue weighted by Gasteiger charge is -2.36. The highest BCUT2D eigenvalue weighted by atomic mass is 31.2. The van der Waals surface area contributed by atoms with Gasteiger partial charge in [0.25, 0.3) is 0 Å². The summed E-state index contributed by atoms with van der Waals surface area (Å²) in [6.45, 7) is -2.38. The number of phosphoric ester groups is 1. The minimum Gasteiger partial charge on any atom is -0.394 e. The molecule has 2 aliphatic rings. The number of hydrogen-bond donors (Lipinski definition) is 8. The SMILES string of the molecule is O=P(O)(OC1C(O)OCC(O)C1O)OC1C(CO)OC(O)(CO)C1O. The van der Waals surface area contributed by atoms with Crippen LogP contribution in [-0.4, -0.2) is 109 Å². The lowest BCUT2D eigenvalue weighted by Crippen LogP contribution is -2.53. The summed E-state index contributed by atoms with van der Waals surface area (Å²) < 4.78 is 30.8. The van der Waals surface area contributed by atoms with Crippen molar-refractivity contribution >= 4 is 7.82 Å². The van der Waals surface area contributed by atoms with Crippen molar-refractivity contribution in [3.8, 4) is 0 Å². The smallest absolute Gasteiger partial charge is 0.394 e. The van der Waals surface area contributed by atoms with Crippen LogP contribution in [0.25, 0.3) is 0 Å². The van der Waals surface area contributed by atoms with Gasteiger partial charge < -0.3 is 50.1 Å². The van der Waals surface area contributed by atoms with Gasteiger partial charge in [0.1, 0.15) is 36.6 Å². The van der Waals surface area contributed by atoms with Gasteiger partial charge in [0, 0.05) is 0 Å². The van der Waals surface area contributed by atoms with E-state index in [-0.39, 0.29) is 0 Å². The van der Waals surface area contributed by atoms with Crippen molar-refractivity contribution in [2.45, 2.75) is 48.7 Å². The lowest BCUT2D eigenvalue weighted by atomic mass is 10.1. The van der Waals surface area contributed by atoms with Gasteiger partial charge >= 0.3 is 7.82 Å². The van der Waals surface area contributed by atoms with E-state index in [2.05, 4.69) is 13.8 Å². The maximum Gasteiger partial charge on any atom is 0.473 e. The van der Waals surface area contributed by atoms with Crippen molar-refractivity contribution < 1.29 is 63.7 Å². The number of rotatable bonds is 6. The minimum absolute atomic E-state index is 0.440. The maximum atomic E-state index is 12.1. The molecule has 148 valence electrons. The van der Waals surface area contributed by atoms with Crippen molar-refractivity contribution in [3.63, 3.8) is 0 Å². The first-order valence-electron chi connectivity index (χ1n) is 7.20. The molecular weight excluding hydrogens is 371 g/mol. The van der Waals surface area contributed by atoms with Crippen LogP contribution >= 0.6 is 7.82 Å². The van der Waals surface area contributed by atoms with Crippen LogP contribution in [0.4, 0.5) is 0 Å². The fourth-order valence-corrected chi connectivity index (χ4v) is 3.63. The Labute approximate surface area is 141 Å². The van der Waals surface area contributed by atoms with Crippen LogP contribution in [0.2, 0.25) is 0 Å². The molecular formula is C11H21O13P. The van der Waals surface area contributed by atoms with E-state index >= 15 is 0 Å². The van der Waals surface area contributed by atoms with Gasteiger partial charge in [-0.3, -0.25) is 9.05 Å². The molecule has 2 heterocycles. The predicted octanol–water partition coefficient (Wildman–Crippen LogP) is -4.64. The normalized spacial score (nSPS) is 47.6. The van der Waals surface area contributed by atoms with E-state index in [0.29, 0.717) is 0 Å². The molecule has 0 aliphatic carbocycles. The molecule has 0 aromatic rings. The molecule has 2 fully saturated rings. The first-order chi connectivity index (χ1) is 11.5. The van der Waals surface area contributed by atoms with Crippen LogP contribution in [-0.2, 0) is 23.1 Å². The Balaban J connectivity index is 2.10. The molecule has 0 radical (unpaired) electrons. The summed E-state index contributed by atoms with van der Waals surface area (Å²) in [6.07, 6.45) is -12.3. The highest BCUT2D eigenvalue weighted by Crippen LogP contribution is 2.50. The third kappa shape index (κ3) is 4.36. The quantitative estimate of drug-likeness (QED) is 0.200. The van der Waals surface area contributed by atoms with E-state index in [4.69, 9.17) is 14.9 Å². The van der Waals surface area contributed by atoms with Crippen LogP contribution in [0.3, 0.4) is 0 Å². The van der Waals surface area contributed by atoms with Crippen molar-refractivity contribution in [1.29, 1.82) is 0 Å². The molecule has 0 bridgehead atoms. The molecule has 8 N–H and O–H groups in total. The van der Waals surface area contributed by atoms with Crippen molar-refractivity contribution in [1.82, 2.24) is 0 Å². The molecule has 2 saturated heterocycles. The summed E-state index contributed by atoms with van der Waals surface area (Å²) in [7, 11) is -5.12. The van der Waals surface area contributed by atoms with E-state index in [0.717, 1.165) is 0 Å². The lowest BCUT2D eigenvalue weighted by molar-refractivity contribution is -0.249. The zero-order valence-electron chi connectivity index (χ0n) is 12.7. The Morgan fingerprint density at radius 3 is 2.28 bits per heavy atom. The molecule has 25 heavy (non-hydrogen) atoms. The van der Waals surface area contributed by atoms with E-state index in [9.17, 15) is 35.0 Å². The molecule has 0 saturated carbocycles. The van der Waals surface area contributed by atoms with Gasteiger partial charge in [0.15, 0.2) is 6.29 Å². The molecule has 9 unspecified atom stereocenters. The average Bonchev–Trinajstić information content (AvgIpc) is 2.80. The maximum absolute atomic E-state index is 12.1. The van der Waals surface area contributed by atoms with Gasteiger partial charge in [-0.05, 0) is 0 Å². The molecule has 0 amide bonds. The number of hydrogen-bond acceptors (Lipinski definition) is 12. The van der Waals surface area contributed by atoms with E-state index in [1.165, 1.54) is 0 Å². The monoisotopic (exact) mass is 392 g/mol. The zero-order chi connectivity index (χ0) is 19.0. The molecule has 0 aromatic heterocycles. The van der Waals surface area contributed by atoms with Crippen LogP contribution in [0.5, 0.6) is 0 Å². The summed E-state index contributed by atoms with van der Waals surface area (Å²) in [5.74, 6) is -2.54. The molecule has 0 spiro atoms. The number of ether oxygens (including phenoxy) is 2. The van der Waals surface area contributed by atoms with Gasteiger partial charge in [-0.2, -0.15) is 0 Å². The first-order valence-corrected chi connectivity index (χ1v) is 8.69. The van der Waals surface area contributed by atoms with Gasteiger partial charge in [-0.1, -0.05) is 0 Å². The van der Waals surface area contributed by atoms with E-state index in [1.807, 2.05) is 0 Å². The molecule has 2 rings (SSSR count). The van der Waals surface area contributed by atoms with Crippen LogP contribution < -0.4 is 0 Å². The van der Waals surface area contributed by atoms with E-state index < -0.39 is 76.3 Å². The number of aliphatic hydroxyl groups excluding tert-OH is 6. The third-order valence-electron chi connectivity index (χ3n) is 3.86. The summed E-state index contributed by atoms with van der Waals surface area (Å²) in [5.41, 5.74) is 0. The van der Waals surface area contributed by atoms with Crippen LogP contribution in [0.1, 0.15) is 0 Å². The second-order valence-electron chi connectivity index (χ2n) is 5.68. The summed E-state index contributed by atoms with van der Waals surface area (Å²) in [6, 6.07) is 0. The highest BCUT2D eigenvalue weighted by Gasteiger charge is 2.56. The largest absolute Gasteiger partial charge is 0.473 e. The standard InChI is InChI=1S/C11H21O13P/c12-1-5-7(9(16)11(18,3-13)22-5)23-25(19,20)24-8-6(15)4(14)2-21-10(8)17/h4-10,12-18H,1-3H2,(H,19,20). The highest BCUT2D eigenvalue weighted by molar-refractivity contribution is 7.47. The van der Waals surface area contributed by atoms with Crippen LogP contribution in [0, 0.1) is 0 Å². The number of phosphoric acid groups is 1. The molecule has 2 aliphatic heterocycles. The fraction of sp³-hybridized carbons (Fsp3) is 1.00. The van der Waals surface area contributed by atoms with Gasteiger partial charge in [-0.25, -0.2) is 4.57 Å². The second kappa shape index (κ2) is 7.78. The topological polar surface area (TPSA) is 216 Å². The van der Waals surface area contributed by atoms with Crippen LogP contribution in [0.15, 0.2) is 0 Å².